The van der Waals surface area contributed by atoms with E-state index in [4.69, 9.17) is 0 Å². The van der Waals surface area contributed by atoms with Gasteiger partial charge in [0, 0.05) is 19.1 Å². The number of hydrogen-bond acceptors (Lipinski definition) is 3. The molecule has 2 atom stereocenters. The second kappa shape index (κ2) is 7.07. The van der Waals surface area contributed by atoms with E-state index in [1.165, 1.54) is 19.3 Å². The molecule has 1 aliphatic carbocycles. The molecule has 5 heteroatoms. The lowest BCUT2D eigenvalue weighted by molar-refractivity contribution is 0.0884. The average molecular weight is 292 g/mol. The quantitative estimate of drug-likeness (QED) is 0.904. The second-order valence-corrected chi connectivity index (χ2v) is 6.37. The molecule has 1 aromatic heterocycles. The summed E-state index contributed by atoms with van der Waals surface area (Å²) in [5.41, 5.74) is 1.58. The third kappa shape index (κ3) is 4.06. The summed E-state index contributed by atoms with van der Waals surface area (Å²) in [7, 11) is 4.20. The standard InChI is InChI=1S/C16H28N4O/c1-5-20-15(10-12(2)18-20)16(21)17-14-9-7-6-8-13(14)11-19(3)4/h10,13-14H,5-9,11H2,1-4H3,(H,17,21). The number of hydrogen-bond donors (Lipinski definition) is 1. The summed E-state index contributed by atoms with van der Waals surface area (Å²) in [6, 6.07) is 2.16. The summed E-state index contributed by atoms with van der Waals surface area (Å²) >= 11 is 0. The van der Waals surface area contributed by atoms with Gasteiger partial charge in [-0.2, -0.15) is 5.10 Å². The molecular formula is C16H28N4O. The zero-order valence-corrected chi connectivity index (χ0v) is 13.7. The molecule has 0 spiro atoms. The van der Waals surface area contributed by atoms with Gasteiger partial charge in [-0.15, -0.1) is 0 Å². The van der Waals surface area contributed by atoms with Gasteiger partial charge in [0.1, 0.15) is 5.69 Å². The van der Waals surface area contributed by atoms with Crippen LogP contribution in [-0.2, 0) is 6.54 Å². The highest BCUT2D eigenvalue weighted by Gasteiger charge is 2.28. The van der Waals surface area contributed by atoms with E-state index in [1.54, 1.807) is 4.68 Å². The lowest BCUT2D eigenvalue weighted by Crippen LogP contribution is -2.45. The van der Waals surface area contributed by atoms with Crippen LogP contribution in [0.15, 0.2) is 6.07 Å². The van der Waals surface area contributed by atoms with Crippen molar-refractivity contribution >= 4 is 5.91 Å². The van der Waals surface area contributed by atoms with Crippen LogP contribution < -0.4 is 5.32 Å². The average Bonchev–Trinajstić information content (AvgIpc) is 2.81. The summed E-state index contributed by atoms with van der Waals surface area (Å²) < 4.78 is 1.79. The molecule has 1 aliphatic rings. The minimum absolute atomic E-state index is 0.0214. The number of nitrogens with one attached hydrogen (secondary N) is 1. The van der Waals surface area contributed by atoms with E-state index in [-0.39, 0.29) is 11.9 Å². The second-order valence-electron chi connectivity index (χ2n) is 6.37. The van der Waals surface area contributed by atoms with Crippen molar-refractivity contribution in [2.45, 2.75) is 52.1 Å². The molecule has 1 amide bonds. The van der Waals surface area contributed by atoms with Crippen molar-refractivity contribution < 1.29 is 4.79 Å². The Bertz CT molecular complexity index is 481. The molecule has 1 heterocycles. The molecular weight excluding hydrogens is 264 g/mol. The third-order valence-electron chi connectivity index (χ3n) is 4.26. The summed E-state index contributed by atoms with van der Waals surface area (Å²) in [4.78, 5) is 14.8. The highest BCUT2D eigenvalue weighted by Crippen LogP contribution is 2.25. The van der Waals surface area contributed by atoms with E-state index < -0.39 is 0 Å². The number of rotatable bonds is 5. The molecule has 0 radical (unpaired) electrons. The van der Waals surface area contributed by atoms with Crippen molar-refractivity contribution in [2.24, 2.45) is 5.92 Å². The number of carbonyl (C=O) groups is 1. The Labute approximate surface area is 127 Å². The van der Waals surface area contributed by atoms with Gasteiger partial charge in [-0.25, -0.2) is 0 Å². The Morgan fingerprint density at radius 1 is 1.43 bits per heavy atom. The van der Waals surface area contributed by atoms with E-state index in [0.717, 1.165) is 25.2 Å². The fourth-order valence-corrected chi connectivity index (χ4v) is 3.30. The maximum atomic E-state index is 12.6. The van der Waals surface area contributed by atoms with Crippen LogP contribution in [-0.4, -0.2) is 47.3 Å². The molecule has 118 valence electrons. The van der Waals surface area contributed by atoms with Crippen molar-refractivity contribution in [1.82, 2.24) is 20.0 Å². The molecule has 1 fully saturated rings. The Kier molecular flexibility index (Phi) is 5.39. The summed E-state index contributed by atoms with van der Waals surface area (Å²) in [6.45, 7) is 5.70. The Morgan fingerprint density at radius 2 is 2.14 bits per heavy atom. The van der Waals surface area contributed by atoms with E-state index in [0.29, 0.717) is 11.6 Å². The van der Waals surface area contributed by atoms with Gasteiger partial charge in [-0.3, -0.25) is 9.48 Å². The molecule has 0 bridgehead atoms. The monoisotopic (exact) mass is 292 g/mol. The van der Waals surface area contributed by atoms with Crippen LogP contribution in [0.3, 0.4) is 0 Å². The molecule has 1 N–H and O–H groups in total. The zero-order chi connectivity index (χ0) is 15.4. The van der Waals surface area contributed by atoms with E-state index in [2.05, 4.69) is 29.4 Å². The van der Waals surface area contributed by atoms with Gasteiger partial charge < -0.3 is 10.2 Å². The number of aromatic nitrogens is 2. The molecule has 2 unspecified atom stereocenters. The van der Waals surface area contributed by atoms with E-state index in [9.17, 15) is 4.79 Å². The van der Waals surface area contributed by atoms with E-state index in [1.807, 2.05) is 19.9 Å². The van der Waals surface area contributed by atoms with Gasteiger partial charge in [-0.1, -0.05) is 12.8 Å². The minimum atomic E-state index is 0.0214. The van der Waals surface area contributed by atoms with Gasteiger partial charge in [0.25, 0.3) is 5.91 Å². The summed E-state index contributed by atoms with van der Waals surface area (Å²) in [5, 5.41) is 7.61. The summed E-state index contributed by atoms with van der Waals surface area (Å²) in [6.07, 6.45) is 4.77. The SMILES string of the molecule is CCn1nc(C)cc1C(=O)NC1CCCCC1CN(C)C. The minimum Gasteiger partial charge on any atom is -0.348 e. The highest BCUT2D eigenvalue weighted by molar-refractivity contribution is 5.92. The van der Waals surface area contributed by atoms with Crippen LogP contribution in [0.1, 0.15) is 48.8 Å². The van der Waals surface area contributed by atoms with Gasteiger partial charge in [-0.05, 0) is 52.8 Å². The first-order valence-corrected chi connectivity index (χ1v) is 8.01. The van der Waals surface area contributed by atoms with Crippen LogP contribution in [0, 0.1) is 12.8 Å². The first-order chi connectivity index (χ1) is 10.0. The molecule has 1 aromatic rings. The smallest absolute Gasteiger partial charge is 0.269 e. The largest absolute Gasteiger partial charge is 0.348 e. The molecule has 5 nitrogen and oxygen atoms in total. The number of aryl methyl sites for hydroxylation is 2. The zero-order valence-electron chi connectivity index (χ0n) is 13.7. The van der Waals surface area contributed by atoms with Gasteiger partial charge >= 0.3 is 0 Å². The fourth-order valence-electron chi connectivity index (χ4n) is 3.30. The number of amides is 1. The topological polar surface area (TPSA) is 50.2 Å². The van der Waals surface area contributed by atoms with Crippen molar-refractivity contribution in [3.63, 3.8) is 0 Å². The van der Waals surface area contributed by atoms with Gasteiger partial charge in [0.2, 0.25) is 0 Å². The normalized spacial score (nSPS) is 22.5. The van der Waals surface area contributed by atoms with Crippen LogP contribution in [0.5, 0.6) is 0 Å². The third-order valence-corrected chi connectivity index (χ3v) is 4.26. The molecule has 0 aromatic carbocycles. The van der Waals surface area contributed by atoms with Gasteiger partial charge in [0.15, 0.2) is 0 Å². The maximum Gasteiger partial charge on any atom is 0.269 e. The van der Waals surface area contributed by atoms with Crippen LogP contribution in [0.25, 0.3) is 0 Å². The molecule has 2 rings (SSSR count). The molecule has 0 aliphatic heterocycles. The van der Waals surface area contributed by atoms with Crippen molar-refractivity contribution in [1.29, 1.82) is 0 Å². The van der Waals surface area contributed by atoms with E-state index >= 15 is 0 Å². The van der Waals surface area contributed by atoms with Crippen LogP contribution in [0.2, 0.25) is 0 Å². The van der Waals surface area contributed by atoms with Crippen molar-refractivity contribution in [3.05, 3.63) is 17.5 Å². The molecule has 0 saturated heterocycles. The van der Waals surface area contributed by atoms with Crippen molar-refractivity contribution in [2.75, 3.05) is 20.6 Å². The fraction of sp³-hybridized carbons (Fsp3) is 0.750. The van der Waals surface area contributed by atoms with Crippen LogP contribution in [0.4, 0.5) is 0 Å². The van der Waals surface area contributed by atoms with Gasteiger partial charge in [0.05, 0.1) is 5.69 Å². The number of carbonyl (C=O) groups excluding carboxylic acids is 1. The molecule has 21 heavy (non-hydrogen) atoms. The predicted molar refractivity (Wildman–Crippen MR) is 84.4 cm³/mol. The Hall–Kier alpha value is -1.36. The first-order valence-electron chi connectivity index (χ1n) is 8.01. The predicted octanol–water partition coefficient (Wildman–Crippen LogP) is 2.06. The van der Waals surface area contributed by atoms with Crippen molar-refractivity contribution in [3.8, 4) is 0 Å². The maximum absolute atomic E-state index is 12.6. The lowest BCUT2D eigenvalue weighted by Gasteiger charge is -2.34. The van der Waals surface area contributed by atoms with Crippen LogP contribution >= 0.6 is 0 Å². The summed E-state index contributed by atoms with van der Waals surface area (Å²) in [5.74, 6) is 0.574. The highest BCUT2D eigenvalue weighted by atomic mass is 16.2. The Balaban J connectivity index is 2.05. The molecule has 1 saturated carbocycles. The lowest BCUT2D eigenvalue weighted by atomic mass is 9.84. The number of nitrogens with zero attached hydrogens (tertiary/aromatic N) is 3. The Morgan fingerprint density at radius 3 is 2.81 bits per heavy atom. The first kappa shape index (κ1) is 16.0.